The first-order valence-electron chi connectivity index (χ1n) is 10.5. The molecule has 0 bridgehead atoms. The molecule has 3 aliphatic rings. The SMILES string of the molecule is O=C(NCCCN1CCCC1=O)C1CCN(c2cnn(CC3CC3)c(=O)c2)C1. The van der Waals surface area contributed by atoms with Crippen LogP contribution in [0.3, 0.4) is 0 Å². The Bertz CT molecular complexity index is 788. The van der Waals surface area contributed by atoms with Gasteiger partial charge in [0.25, 0.3) is 5.56 Å². The molecule has 1 saturated carbocycles. The van der Waals surface area contributed by atoms with E-state index in [0.717, 1.165) is 44.6 Å². The molecule has 8 heteroatoms. The topological polar surface area (TPSA) is 87.5 Å². The third-order valence-electron chi connectivity index (χ3n) is 5.98. The van der Waals surface area contributed by atoms with Crippen molar-refractivity contribution in [3.63, 3.8) is 0 Å². The zero-order valence-electron chi connectivity index (χ0n) is 16.3. The monoisotopic (exact) mass is 387 g/mol. The van der Waals surface area contributed by atoms with Crippen LogP contribution in [0.5, 0.6) is 0 Å². The smallest absolute Gasteiger partial charge is 0.268 e. The normalized spacial score (nSPS) is 22.1. The number of carbonyl (C=O) groups excluding carboxylic acids is 2. The molecule has 3 heterocycles. The fraction of sp³-hybridized carbons (Fsp3) is 0.700. The number of amides is 2. The molecule has 1 aliphatic carbocycles. The van der Waals surface area contributed by atoms with Gasteiger partial charge < -0.3 is 15.1 Å². The van der Waals surface area contributed by atoms with Crippen LogP contribution in [0.15, 0.2) is 17.1 Å². The first-order chi connectivity index (χ1) is 13.6. The van der Waals surface area contributed by atoms with Crippen molar-refractivity contribution in [2.24, 2.45) is 11.8 Å². The van der Waals surface area contributed by atoms with Crippen LogP contribution in [0, 0.1) is 11.8 Å². The Hall–Kier alpha value is -2.38. The Morgan fingerprint density at radius 1 is 1.21 bits per heavy atom. The van der Waals surface area contributed by atoms with Crippen molar-refractivity contribution in [3.8, 4) is 0 Å². The highest BCUT2D eigenvalue weighted by molar-refractivity contribution is 5.80. The number of anilines is 1. The Kier molecular flexibility index (Phi) is 5.64. The third-order valence-corrected chi connectivity index (χ3v) is 5.98. The highest BCUT2D eigenvalue weighted by atomic mass is 16.2. The van der Waals surface area contributed by atoms with Gasteiger partial charge >= 0.3 is 0 Å². The van der Waals surface area contributed by atoms with Gasteiger partial charge in [-0.05, 0) is 38.0 Å². The van der Waals surface area contributed by atoms with Gasteiger partial charge in [0.05, 0.1) is 17.8 Å². The van der Waals surface area contributed by atoms with Crippen LogP contribution in [-0.2, 0) is 16.1 Å². The van der Waals surface area contributed by atoms with E-state index in [1.807, 2.05) is 4.90 Å². The molecule has 1 aromatic heterocycles. The van der Waals surface area contributed by atoms with Gasteiger partial charge in [0.2, 0.25) is 11.8 Å². The summed E-state index contributed by atoms with van der Waals surface area (Å²) in [7, 11) is 0. The quantitative estimate of drug-likeness (QED) is 0.661. The third kappa shape index (κ3) is 4.54. The standard InChI is InChI=1S/C20H29N5O3/c26-18-3-1-8-23(18)9-2-7-21-20(28)16-6-10-24(14-16)17-11-19(27)25(22-12-17)13-15-4-5-15/h11-12,15-16H,1-10,13-14H2,(H,21,28). The largest absolute Gasteiger partial charge is 0.369 e. The molecule has 2 amide bonds. The van der Waals surface area contributed by atoms with Crippen molar-refractivity contribution in [2.75, 3.05) is 37.6 Å². The number of hydrogen-bond donors (Lipinski definition) is 1. The minimum absolute atomic E-state index is 0.0604. The maximum atomic E-state index is 12.4. The van der Waals surface area contributed by atoms with E-state index in [2.05, 4.69) is 15.3 Å². The number of carbonyl (C=O) groups is 2. The number of hydrogen-bond acceptors (Lipinski definition) is 5. The van der Waals surface area contributed by atoms with Crippen LogP contribution in [0.25, 0.3) is 0 Å². The van der Waals surface area contributed by atoms with Crippen molar-refractivity contribution in [1.82, 2.24) is 20.0 Å². The van der Waals surface area contributed by atoms with E-state index in [9.17, 15) is 14.4 Å². The highest BCUT2D eigenvalue weighted by Crippen LogP contribution is 2.30. The number of rotatable bonds is 8. The van der Waals surface area contributed by atoms with Crippen LogP contribution in [0.2, 0.25) is 0 Å². The summed E-state index contributed by atoms with van der Waals surface area (Å²) in [6.45, 7) is 4.25. The maximum Gasteiger partial charge on any atom is 0.268 e. The molecule has 0 spiro atoms. The van der Waals surface area contributed by atoms with Crippen LogP contribution >= 0.6 is 0 Å². The average Bonchev–Trinajstić information content (AvgIpc) is 3.19. The first-order valence-corrected chi connectivity index (χ1v) is 10.5. The molecular weight excluding hydrogens is 358 g/mol. The lowest BCUT2D eigenvalue weighted by molar-refractivity contribution is -0.127. The zero-order chi connectivity index (χ0) is 19.5. The van der Waals surface area contributed by atoms with E-state index in [1.54, 1.807) is 16.9 Å². The molecule has 1 unspecified atom stereocenters. The lowest BCUT2D eigenvalue weighted by atomic mass is 10.1. The first kappa shape index (κ1) is 19.0. The average molecular weight is 387 g/mol. The summed E-state index contributed by atoms with van der Waals surface area (Å²) in [5.41, 5.74) is 0.744. The Balaban J connectivity index is 1.22. The molecule has 0 aromatic carbocycles. The van der Waals surface area contributed by atoms with E-state index in [0.29, 0.717) is 32.0 Å². The van der Waals surface area contributed by atoms with Gasteiger partial charge in [0.15, 0.2) is 0 Å². The second-order valence-electron chi connectivity index (χ2n) is 8.24. The summed E-state index contributed by atoms with van der Waals surface area (Å²) < 4.78 is 1.55. The van der Waals surface area contributed by atoms with Crippen LogP contribution in [0.1, 0.15) is 38.5 Å². The Labute approximate surface area is 164 Å². The minimum atomic E-state index is -0.0673. The van der Waals surface area contributed by atoms with E-state index in [-0.39, 0.29) is 23.3 Å². The van der Waals surface area contributed by atoms with Gasteiger partial charge in [0, 0.05) is 51.8 Å². The van der Waals surface area contributed by atoms with Gasteiger partial charge in [-0.15, -0.1) is 0 Å². The van der Waals surface area contributed by atoms with Crippen LogP contribution in [-0.4, -0.2) is 59.2 Å². The van der Waals surface area contributed by atoms with Gasteiger partial charge in [-0.25, -0.2) is 4.68 Å². The summed E-state index contributed by atoms with van der Waals surface area (Å²) in [6.07, 6.45) is 7.30. The van der Waals surface area contributed by atoms with Crippen molar-refractivity contribution >= 4 is 17.5 Å². The Morgan fingerprint density at radius 2 is 2.07 bits per heavy atom. The fourth-order valence-electron chi connectivity index (χ4n) is 4.05. The van der Waals surface area contributed by atoms with Crippen molar-refractivity contribution < 1.29 is 9.59 Å². The summed E-state index contributed by atoms with van der Waals surface area (Å²) in [4.78, 5) is 40.2. The molecule has 28 heavy (non-hydrogen) atoms. The van der Waals surface area contributed by atoms with E-state index < -0.39 is 0 Å². The molecule has 2 saturated heterocycles. The highest BCUT2D eigenvalue weighted by Gasteiger charge is 2.29. The Morgan fingerprint density at radius 3 is 2.79 bits per heavy atom. The second kappa shape index (κ2) is 8.32. The summed E-state index contributed by atoms with van der Waals surface area (Å²) in [6, 6.07) is 1.64. The number of nitrogens with zero attached hydrogens (tertiary/aromatic N) is 4. The summed E-state index contributed by atoms with van der Waals surface area (Å²) in [5.74, 6) is 0.831. The number of nitrogens with one attached hydrogen (secondary N) is 1. The molecule has 1 aromatic rings. The molecule has 8 nitrogen and oxygen atoms in total. The summed E-state index contributed by atoms with van der Waals surface area (Å²) >= 11 is 0. The lowest BCUT2D eigenvalue weighted by Crippen LogP contribution is -2.35. The fourth-order valence-corrected chi connectivity index (χ4v) is 4.05. The molecule has 1 atom stereocenters. The van der Waals surface area contributed by atoms with Gasteiger partial charge in [-0.3, -0.25) is 14.4 Å². The summed E-state index contributed by atoms with van der Waals surface area (Å²) in [5, 5.41) is 7.31. The van der Waals surface area contributed by atoms with Crippen molar-refractivity contribution in [3.05, 3.63) is 22.6 Å². The number of aromatic nitrogens is 2. The minimum Gasteiger partial charge on any atom is -0.369 e. The lowest BCUT2D eigenvalue weighted by Gasteiger charge is -2.19. The van der Waals surface area contributed by atoms with Crippen LogP contribution in [0.4, 0.5) is 5.69 Å². The van der Waals surface area contributed by atoms with Gasteiger partial charge in [-0.2, -0.15) is 5.10 Å². The molecule has 1 N–H and O–H groups in total. The van der Waals surface area contributed by atoms with E-state index in [1.165, 1.54) is 12.8 Å². The number of likely N-dealkylation sites (tertiary alicyclic amines) is 1. The molecule has 3 fully saturated rings. The van der Waals surface area contributed by atoms with Gasteiger partial charge in [-0.1, -0.05) is 0 Å². The van der Waals surface area contributed by atoms with E-state index >= 15 is 0 Å². The molecule has 4 rings (SSSR count). The predicted octanol–water partition coefficient (Wildman–Crippen LogP) is 0.608. The zero-order valence-corrected chi connectivity index (χ0v) is 16.3. The maximum absolute atomic E-state index is 12.4. The molecule has 0 radical (unpaired) electrons. The van der Waals surface area contributed by atoms with Gasteiger partial charge in [0.1, 0.15) is 0 Å². The van der Waals surface area contributed by atoms with Crippen LogP contribution < -0.4 is 15.8 Å². The second-order valence-corrected chi connectivity index (χ2v) is 8.24. The predicted molar refractivity (Wildman–Crippen MR) is 105 cm³/mol. The molecular formula is C20H29N5O3. The van der Waals surface area contributed by atoms with E-state index in [4.69, 9.17) is 0 Å². The van der Waals surface area contributed by atoms with Crippen molar-refractivity contribution in [2.45, 2.75) is 45.1 Å². The molecule has 2 aliphatic heterocycles. The molecule has 152 valence electrons. The van der Waals surface area contributed by atoms with Crippen molar-refractivity contribution in [1.29, 1.82) is 0 Å².